The Kier molecular flexibility index (Phi) is 8.25. The Bertz CT molecular complexity index is 671. The second kappa shape index (κ2) is 10.2. The Morgan fingerprint density at radius 2 is 1.79 bits per heavy atom. The van der Waals surface area contributed by atoms with Crippen molar-refractivity contribution in [3.63, 3.8) is 0 Å². The molecule has 2 fully saturated rings. The topological polar surface area (TPSA) is 75.4 Å². The lowest BCUT2D eigenvalue weighted by atomic mass is 9.71. The number of carbonyl (C=O) groups is 2. The summed E-state index contributed by atoms with van der Waals surface area (Å²) >= 11 is 0. The van der Waals surface area contributed by atoms with E-state index in [2.05, 4.69) is 5.32 Å². The molecule has 0 spiro atoms. The zero-order chi connectivity index (χ0) is 19.3. The number of hydrogen-bond donors (Lipinski definition) is 2. The van der Waals surface area contributed by atoms with E-state index in [-0.39, 0.29) is 41.2 Å². The molecule has 1 aromatic rings. The van der Waals surface area contributed by atoms with E-state index in [1.807, 2.05) is 0 Å². The van der Waals surface area contributed by atoms with Crippen LogP contribution in [0.3, 0.4) is 0 Å². The van der Waals surface area contributed by atoms with Gasteiger partial charge in [-0.15, -0.1) is 12.4 Å². The maximum absolute atomic E-state index is 13.8. The van der Waals surface area contributed by atoms with E-state index in [1.165, 1.54) is 18.6 Å². The molecular formula is C21H31ClFN3O2. The highest BCUT2D eigenvalue weighted by atomic mass is 35.5. The summed E-state index contributed by atoms with van der Waals surface area (Å²) < 4.78 is 13.8. The van der Waals surface area contributed by atoms with E-state index in [9.17, 15) is 14.0 Å². The third-order valence-corrected chi connectivity index (χ3v) is 6.13. The fraction of sp³-hybridized carbons (Fsp3) is 0.619. The van der Waals surface area contributed by atoms with E-state index >= 15 is 0 Å². The fourth-order valence-corrected chi connectivity index (χ4v) is 4.41. The molecule has 1 saturated carbocycles. The molecule has 1 aromatic carbocycles. The predicted octanol–water partition coefficient (Wildman–Crippen LogP) is 3.27. The number of carbonyl (C=O) groups excluding carboxylic acids is 2. The molecule has 0 bridgehead atoms. The number of halogens is 2. The van der Waals surface area contributed by atoms with Crippen molar-refractivity contribution in [2.45, 2.75) is 57.4 Å². The molecule has 2 aliphatic rings. The van der Waals surface area contributed by atoms with Crippen LogP contribution in [0.4, 0.5) is 4.39 Å². The van der Waals surface area contributed by atoms with Crippen LogP contribution in [0, 0.1) is 11.2 Å². The zero-order valence-corrected chi connectivity index (χ0v) is 17.1. The standard InChI is InChI=1S/C21H30FN3O2.ClH/c22-18-7-3-2-6-17(18)20(27)25-12-8-16(9-13-25)24-19(26)14-21(15-23)10-4-1-5-11-21;/h2-3,6-7,16H,1,4-5,8-15,23H2,(H,24,26);1H. The maximum Gasteiger partial charge on any atom is 0.256 e. The molecule has 7 heteroatoms. The molecule has 0 unspecified atom stereocenters. The molecule has 0 radical (unpaired) electrons. The fourth-order valence-electron chi connectivity index (χ4n) is 4.41. The lowest BCUT2D eigenvalue weighted by molar-refractivity contribution is -0.124. The summed E-state index contributed by atoms with van der Waals surface area (Å²) in [5.41, 5.74) is 6.06. The minimum Gasteiger partial charge on any atom is -0.353 e. The van der Waals surface area contributed by atoms with Crippen molar-refractivity contribution in [2.24, 2.45) is 11.1 Å². The molecule has 3 N–H and O–H groups in total. The van der Waals surface area contributed by atoms with Gasteiger partial charge >= 0.3 is 0 Å². The molecule has 0 atom stereocenters. The van der Waals surface area contributed by atoms with Gasteiger partial charge in [0, 0.05) is 25.6 Å². The Morgan fingerprint density at radius 1 is 1.14 bits per heavy atom. The van der Waals surface area contributed by atoms with Gasteiger partial charge in [0.15, 0.2) is 0 Å². The van der Waals surface area contributed by atoms with Gasteiger partial charge < -0.3 is 16.0 Å². The maximum atomic E-state index is 13.8. The summed E-state index contributed by atoms with van der Waals surface area (Å²) in [7, 11) is 0. The summed E-state index contributed by atoms with van der Waals surface area (Å²) in [6.45, 7) is 1.62. The van der Waals surface area contributed by atoms with Gasteiger partial charge in [0.1, 0.15) is 5.82 Å². The quantitative estimate of drug-likeness (QED) is 0.780. The molecule has 28 heavy (non-hydrogen) atoms. The number of benzene rings is 1. The molecule has 1 heterocycles. The van der Waals surface area contributed by atoms with E-state index < -0.39 is 5.82 Å². The van der Waals surface area contributed by atoms with Crippen LogP contribution < -0.4 is 11.1 Å². The first-order valence-electron chi connectivity index (χ1n) is 10.1. The number of likely N-dealkylation sites (tertiary alicyclic amines) is 1. The molecule has 1 aliphatic carbocycles. The van der Waals surface area contributed by atoms with Crippen LogP contribution in [0.5, 0.6) is 0 Å². The molecular weight excluding hydrogens is 381 g/mol. The van der Waals surface area contributed by atoms with Crippen molar-refractivity contribution in [1.29, 1.82) is 0 Å². The number of nitrogens with two attached hydrogens (primary N) is 1. The number of nitrogens with zero attached hydrogens (tertiary/aromatic N) is 1. The highest BCUT2D eigenvalue weighted by molar-refractivity contribution is 5.94. The molecule has 5 nitrogen and oxygen atoms in total. The van der Waals surface area contributed by atoms with Crippen LogP contribution in [0.2, 0.25) is 0 Å². The van der Waals surface area contributed by atoms with Crippen LogP contribution >= 0.6 is 12.4 Å². The van der Waals surface area contributed by atoms with Gasteiger partial charge in [0.2, 0.25) is 5.91 Å². The lowest BCUT2D eigenvalue weighted by Gasteiger charge is -2.37. The van der Waals surface area contributed by atoms with Gasteiger partial charge in [-0.2, -0.15) is 0 Å². The van der Waals surface area contributed by atoms with Crippen LogP contribution in [-0.4, -0.2) is 42.4 Å². The zero-order valence-electron chi connectivity index (χ0n) is 16.3. The molecule has 1 saturated heterocycles. The first-order chi connectivity index (χ1) is 13.0. The number of nitrogens with one attached hydrogen (secondary N) is 1. The number of amides is 2. The van der Waals surface area contributed by atoms with Crippen LogP contribution in [0.1, 0.15) is 61.7 Å². The Hall–Kier alpha value is -1.66. The van der Waals surface area contributed by atoms with E-state index in [4.69, 9.17) is 5.73 Å². The van der Waals surface area contributed by atoms with Crippen molar-refractivity contribution < 1.29 is 14.0 Å². The average Bonchev–Trinajstić information content (AvgIpc) is 2.69. The Balaban J connectivity index is 0.00000280. The SMILES string of the molecule is Cl.NCC1(CC(=O)NC2CCN(C(=O)c3ccccc3F)CC2)CCCCC1. The van der Waals surface area contributed by atoms with Gasteiger partial charge in [0.25, 0.3) is 5.91 Å². The first kappa shape index (κ1) is 22.6. The lowest BCUT2D eigenvalue weighted by Crippen LogP contribution is -2.48. The minimum absolute atomic E-state index is 0. The Morgan fingerprint density at radius 3 is 2.39 bits per heavy atom. The van der Waals surface area contributed by atoms with Crippen LogP contribution in [0.25, 0.3) is 0 Å². The van der Waals surface area contributed by atoms with Gasteiger partial charge in [-0.05, 0) is 49.8 Å². The molecule has 156 valence electrons. The monoisotopic (exact) mass is 411 g/mol. The van der Waals surface area contributed by atoms with E-state index in [1.54, 1.807) is 17.0 Å². The second-order valence-electron chi connectivity index (χ2n) is 8.06. The van der Waals surface area contributed by atoms with Crippen LogP contribution in [0.15, 0.2) is 24.3 Å². The van der Waals surface area contributed by atoms with E-state index in [0.717, 1.165) is 25.7 Å². The smallest absolute Gasteiger partial charge is 0.256 e. The predicted molar refractivity (Wildman–Crippen MR) is 110 cm³/mol. The second-order valence-corrected chi connectivity index (χ2v) is 8.06. The van der Waals surface area contributed by atoms with Crippen molar-refractivity contribution in [3.05, 3.63) is 35.6 Å². The highest BCUT2D eigenvalue weighted by Gasteiger charge is 2.34. The number of rotatable bonds is 5. The largest absolute Gasteiger partial charge is 0.353 e. The van der Waals surface area contributed by atoms with Crippen molar-refractivity contribution in [1.82, 2.24) is 10.2 Å². The highest BCUT2D eigenvalue weighted by Crippen LogP contribution is 2.38. The molecule has 1 aliphatic heterocycles. The molecule has 3 rings (SSSR count). The summed E-state index contributed by atoms with van der Waals surface area (Å²) in [6.07, 6.45) is 7.50. The van der Waals surface area contributed by atoms with Gasteiger partial charge in [-0.3, -0.25) is 9.59 Å². The number of hydrogen-bond acceptors (Lipinski definition) is 3. The molecule has 2 amide bonds. The van der Waals surface area contributed by atoms with Gasteiger partial charge in [-0.25, -0.2) is 4.39 Å². The minimum atomic E-state index is -0.488. The summed E-state index contributed by atoms with van der Waals surface area (Å²) in [6, 6.07) is 6.14. The van der Waals surface area contributed by atoms with Crippen molar-refractivity contribution >= 4 is 24.2 Å². The molecule has 0 aromatic heterocycles. The van der Waals surface area contributed by atoms with Gasteiger partial charge in [0.05, 0.1) is 5.56 Å². The summed E-state index contributed by atoms with van der Waals surface area (Å²) in [5, 5.41) is 3.13. The third-order valence-electron chi connectivity index (χ3n) is 6.13. The van der Waals surface area contributed by atoms with Gasteiger partial charge in [-0.1, -0.05) is 31.4 Å². The normalized spacial score (nSPS) is 19.6. The summed E-state index contributed by atoms with van der Waals surface area (Å²) in [4.78, 5) is 26.7. The number of piperidine rings is 1. The van der Waals surface area contributed by atoms with Crippen LogP contribution in [-0.2, 0) is 4.79 Å². The average molecular weight is 412 g/mol. The van der Waals surface area contributed by atoms with Crippen molar-refractivity contribution in [3.8, 4) is 0 Å². The van der Waals surface area contributed by atoms with Crippen molar-refractivity contribution in [2.75, 3.05) is 19.6 Å². The van der Waals surface area contributed by atoms with E-state index in [0.29, 0.717) is 38.9 Å². The first-order valence-corrected chi connectivity index (χ1v) is 10.1. The summed E-state index contributed by atoms with van der Waals surface area (Å²) in [5.74, 6) is -0.694. The third kappa shape index (κ3) is 5.45. The Labute approximate surface area is 172 Å².